The fourth-order valence-electron chi connectivity index (χ4n) is 1.90. The zero-order valence-electron chi connectivity index (χ0n) is 10.6. The van der Waals surface area contributed by atoms with Crippen molar-refractivity contribution >= 4 is 37.3 Å². The van der Waals surface area contributed by atoms with Gasteiger partial charge in [0.2, 0.25) is 5.89 Å². The second-order valence-electron chi connectivity index (χ2n) is 4.60. The molecule has 0 bridgehead atoms. The minimum atomic E-state index is -9.73. The largest absolute Gasteiger partial charge is 0.436 e. The maximum Gasteiger partial charge on any atom is 0.310 e. The first kappa shape index (κ1) is 15.3. The summed E-state index contributed by atoms with van der Waals surface area (Å²) in [6.45, 7) is 0. The van der Waals surface area contributed by atoms with E-state index < -0.39 is 15.1 Å². The Morgan fingerprint density at radius 3 is 2.27 bits per heavy atom. The van der Waals surface area contributed by atoms with Crippen LogP contribution in [0, 0.1) is 0 Å². The number of rotatable bonds is 2. The van der Waals surface area contributed by atoms with E-state index in [1.165, 1.54) is 0 Å². The Kier molecular flexibility index (Phi) is 2.79. The molecule has 0 amide bonds. The molecule has 1 heterocycles. The van der Waals surface area contributed by atoms with E-state index in [2.05, 4.69) is 20.9 Å². The lowest BCUT2D eigenvalue weighted by Gasteiger charge is -2.40. The highest BCUT2D eigenvalue weighted by molar-refractivity contribution is 9.10. The Hall–Kier alpha value is -1.61. The maximum absolute atomic E-state index is 12.8. The van der Waals surface area contributed by atoms with Crippen molar-refractivity contribution in [2.45, 2.75) is 4.90 Å². The number of fused-ring (bicyclic) bond motifs is 1. The fraction of sp³-hybridized carbons (Fsp3) is 0. The van der Waals surface area contributed by atoms with Crippen LogP contribution in [0.2, 0.25) is 0 Å². The Morgan fingerprint density at radius 1 is 0.955 bits per heavy atom. The summed E-state index contributed by atoms with van der Waals surface area (Å²) >= 11 is 3.26. The minimum absolute atomic E-state index is 0.00338. The average Bonchev–Trinajstić information content (AvgIpc) is 2.79. The first-order valence-electron chi connectivity index (χ1n) is 5.84. The molecule has 0 aliphatic heterocycles. The van der Waals surface area contributed by atoms with E-state index in [4.69, 9.17) is 4.42 Å². The van der Waals surface area contributed by atoms with Gasteiger partial charge in [-0.15, -0.1) is 0 Å². The summed E-state index contributed by atoms with van der Waals surface area (Å²) in [6, 6.07) is 8.22. The predicted molar refractivity (Wildman–Crippen MR) is 78.5 cm³/mol. The van der Waals surface area contributed by atoms with Crippen molar-refractivity contribution in [3.63, 3.8) is 0 Å². The number of benzene rings is 2. The molecule has 0 spiro atoms. The molecule has 0 N–H and O–H groups in total. The van der Waals surface area contributed by atoms with Gasteiger partial charge in [-0.25, -0.2) is 4.98 Å². The molecular weight excluding hydrogens is 393 g/mol. The SMILES string of the molecule is FS(F)(F)(F)(F)c1ccc2oc(-c3ccccc3Br)nc2c1. The number of aromatic nitrogens is 1. The Morgan fingerprint density at radius 2 is 1.64 bits per heavy atom. The van der Waals surface area contributed by atoms with Gasteiger partial charge in [0.05, 0.1) is 5.56 Å². The highest BCUT2D eigenvalue weighted by atomic mass is 79.9. The Balaban J connectivity index is 2.19. The molecule has 0 aliphatic rings. The van der Waals surface area contributed by atoms with Gasteiger partial charge in [0.15, 0.2) is 5.58 Å². The molecule has 118 valence electrons. The van der Waals surface area contributed by atoms with Crippen molar-refractivity contribution in [1.82, 2.24) is 4.98 Å². The number of oxazole rings is 1. The lowest BCUT2D eigenvalue weighted by molar-refractivity contribution is 0.364. The monoisotopic (exact) mass is 399 g/mol. The summed E-state index contributed by atoms with van der Waals surface area (Å²) in [4.78, 5) is 1.88. The van der Waals surface area contributed by atoms with E-state index in [1.54, 1.807) is 24.3 Å². The van der Waals surface area contributed by atoms with Crippen molar-refractivity contribution in [3.8, 4) is 11.5 Å². The van der Waals surface area contributed by atoms with Crippen molar-refractivity contribution in [3.05, 3.63) is 46.9 Å². The van der Waals surface area contributed by atoms with Crippen LogP contribution >= 0.6 is 26.2 Å². The molecule has 2 nitrogen and oxygen atoms in total. The molecule has 0 atom stereocenters. The van der Waals surface area contributed by atoms with Crippen molar-refractivity contribution in [1.29, 1.82) is 0 Å². The molecule has 3 rings (SSSR count). The third-order valence-corrected chi connectivity index (χ3v) is 4.75. The first-order chi connectivity index (χ1) is 9.94. The van der Waals surface area contributed by atoms with E-state index in [-0.39, 0.29) is 17.0 Å². The van der Waals surface area contributed by atoms with Gasteiger partial charge < -0.3 is 4.42 Å². The van der Waals surface area contributed by atoms with Gasteiger partial charge in [0, 0.05) is 4.47 Å². The summed E-state index contributed by atoms with van der Waals surface area (Å²) < 4.78 is 70.0. The highest BCUT2D eigenvalue weighted by Gasteiger charge is 2.65. The molecule has 2 aromatic carbocycles. The predicted octanol–water partition coefficient (Wildman–Crippen LogP) is 6.91. The highest BCUT2D eigenvalue weighted by Crippen LogP contribution is 3.02. The van der Waals surface area contributed by atoms with E-state index >= 15 is 0 Å². The van der Waals surface area contributed by atoms with Gasteiger partial charge in [0.25, 0.3) is 0 Å². The summed E-state index contributed by atoms with van der Waals surface area (Å²) in [7, 11) is -9.73. The number of halogens is 6. The average molecular weight is 400 g/mol. The van der Waals surface area contributed by atoms with Crippen molar-refractivity contribution < 1.29 is 23.8 Å². The van der Waals surface area contributed by atoms with Crippen LogP contribution < -0.4 is 0 Å². The van der Waals surface area contributed by atoms with Crippen LogP contribution in [0.1, 0.15) is 0 Å². The molecule has 0 fully saturated rings. The van der Waals surface area contributed by atoms with E-state index in [0.717, 1.165) is 6.07 Å². The normalized spacial score (nSPS) is 15.5. The molecule has 3 aromatic rings. The van der Waals surface area contributed by atoms with Crippen molar-refractivity contribution in [2.75, 3.05) is 0 Å². The summed E-state index contributed by atoms with van der Waals surface area (Å²) in [5, 5.41) is 0. The van der Waals surface area contributed by atoms with Gasteiger partial charge in [-0.1, -0.05) is 31.6 Å². The molecule has 22 heavy (non-hydrogen) atoms. The fourth-order valence-corrected chi connectivity index (χ4v) is 3.01. The molecular formula is C13H7BrF5NOS. The topological polar surface area (TPSA) is 26.0 Å². The molecule has 0 unspecified atom stereocenters. The zero-order valence-corrected chi connectivity index (χ0v) is 13.0. The van der Waals surface area contributed by atoms with E-state index in [1.807, 2.05) is 0 Å². The first-order valence-corrected chi connectivity index (χ1v) is 8.58. The lowest BCUT2D eigenvalue weighted by atomic mass is 10.2. The van der Waals surface area contributed by atoms with Crippen LogP contribution in [0.3, 0.4) is 0 Å². The summed E-state index contributed by atoms with van der Waals surface area (Å²) in [5.74, 6) is 0.0433. The van der Waals surface area contributed by atoms with Crippen LogP contribution in [0.5, 0.6) is 0 Å². The smallest absolute Gasteiger partial charge is 0.310 e. The van der Waals surface area contributed by atoms with Gasteiger partial charge in [-0.05, 0) is 46.3 Å². The molecule has 0 saturated heterocycles. The summed E-state index contributed by atoms with van der Waals surface area (Å²) in [5.41, 5.74) is 0.223. The Bertz CT molecular complexity index is 891. The van der Waals surface area contributed by atoms with Crippen LogP contribution in [0.25, 0.3) is 22.6 Å². The van der Waals surface area contributed by atoms with Crippen LogP contribution in [-0.2, 0) is 0 Å². The van der Waals surface area contributed by atoms with E-state index in [0.29, 0.717) is 22.2 Å². The Labute approximate surface area is 129 Å². The second-order valence-corrected chi connectivity index (χ2v) is 7.86. The number of hydrogen-bond acceptors (Lipinski definition) is 2. The van der Waals surface area contributed by atoms with Crippen LogP contribution in [0.15, 0.2) is 56.2 Å². The van der Waals surface area contributed by atoms with Gasteiger partial charge in [0.1, 0.15) is 10.4 Å². The third-order valence-electron chi connectivity index (χ3n) is 2.91. The molecule has 0 radical (unpaired) electrons. The standard InChI is InChI=1S/C13H7BrF5NOS/c14-10-4-2-1-3-9(10)13-20-11-7-8(5-6-12(11)21-13)22(15,16,17,18)19/h1-7H. The van der Waals surface area contributed by atoms with Crippen molar-refractivity contribution in [2.24, 2.45) is 0 Å². The van der Waals surface area contributed by atoms with Gasteiger partial charge >= 0.3 is 10.2 Å². The van der Waals surface area contributed by atoms with Gasteiger partial charge in [-0.3, -0.25) is 0 Å². The molecule has 1 aromatic heterocycles. The molecule has 9 heteroatoms. The van der Waals surface area contributed by atoms with E-state index in [9.17, 15) is 19.4 Å². The number of hydrogen-bond donors (Lipinski definition) is 0. The van der Waals surface area contributed by atoms with Crippen LogP contribution in [0.4, 0.5) is 19.4 Å². The zero-order chi connectivity index (χ0) is 16.2. The molecule has 0 saturated carbocycles. The van der Waals surface area contributed by atoms with Crippen LogP contribution in [-0.4, -0.2) is 4.98 Å². The third kappa shape index (κ3) is 2.82. The second kappa shape index (κ2) is 4.02. The number of nitrogens with zero attached hydrogens (tertiary/aromatic N) is 1. The quantitative estimate of drug-likeness (QED) is 0.437. The lowest BCUT2D eigenvalue weighted by Crippen LogP contribution is -2.05. The maximum atomic E-state index is 12.8. The molecule has 0 aliphatic carbocycles. The van der Waals surface area contributed by atoms with Gasteiger partial charge in [-0.2, -0.15) is 0 Å². The summed E-state index contributed by atoms with van der Waals surface area (Å²) in [6.07, 6.45) is 0. The minimum Gasteiger partial charge on any atom is -0.436 e.